The summed E-state index contributed by atoms with van der Waals surface area (Å²) in [7, 11) is 1.31. The van der Waals surface area contributed by atoms with Crippen LogP contribution >= 0.6 is 11.6 Å². The van der Waals surface area contributed by atoms with Gasteiger partial charge in [-0.25, -0.2) is 4.79 Å². The molecule has 5 nitrogen and oxygen atoms in total. The Bertz CT molecular complexity index is 838. The maximum Gasteiger partial charge on any atom is 0.337 e. The van der Waals surface area contributed by atoms with Crippen molar-refractivity contribution in [2.75, 3.05) is 23.9 Å². The number of amides is 1. The zero-order chi connectivity index (χ0) is 18.7. The zero-order valence-corrected chi connectivity index (χ0v) is 15.5. The van der Waals surface area contributed by atoms with Gasteiger partial charge in [-0.05, 0) is 43.2 Å². The topological polar surface area (TPSA) is 58.6 Å². The molecule has 0 aliphatic carbocycles. The standard InChI is InChI=1S/C20H21ClN2O3/c1-13-11-14-5-3-4-6-18(14)23(13)10-9-19(24)22-17-12-15(20(25)26-2)7-8-16(17)21/h3-8,12-13H,9-11H2,1-2H3,(H,22,24). The van der Waals surface area contributed by atoms with Crippen LogP contribution in [0, 0.1) is 0 Å². The molecular formula is C20H21ClN2O3. The second kappa shape index (κ2) is 7.79. The number of carbonyl (C=O) groups excluding carboxylic acids is 2. The highest BCUT2D eigenvalue weighted by molar-refractivity contribution is 6.33. The summed E-state index contributed by atoms with van der Waals surface area (Å²) in [6.45, 7) is 2.78. The molecule has 0 bridgehead atoms. The number of hydrogen-bond acceptors (Lipinski definition) is 4. The van der Waals surface area contributed by atoms with Crippen LogP contribution in [0.4, 0.5) is 11.4 Å². The second-order valence-corrected chi connectivity index (χ2v) is 6.77. The summed E-state index contributed by atoms with van der Waals surface area (Å²) in [5, 5.41) is 3.17. The van der Waals surface area contributed by atoms with Gasteiger partial charge in [-0.1, -0.05) is 29.8 Å². The molecule has 2 aromatic carbocycles. The van der Waals surface area contributed by atoms with Gasteiger partial charge in [0.15, 0.2) is 0 Å². The second-order valence-electron chi connectivity index (χ2n) is 6.36. The summed E-state index contributed by atoms with van der Waals surface area (Å²) in [6.07, 6.45) is 1.32. The van der Waals surface area contributed by atoms with Crippen molar-refractivity contribution in [1.29, 1.82) is 0 Å². The van der Waals surface area contributed by atoms with E-state index in [4.69, 9.17) is 16.3 Å². The van der Waals surface area contributed by atoms with Crippen LogP contribution in [0.2, 0.25) is 5.02 Å². The van der Waals surface area contributed by atoms with Crippen molar-refractivity contribution < 1.29 is 14.3 Å². The smallest absolute Gasteiger partial charge is 0.337 e. The number of carbonyl (C=O) groups is 2. The Morgan fingerprint density at radius 2 is 2.04 bits per heavy atom. The van der Waals surface area contributed by atoms with Gasteiger partial charge in [-0.3, -0.25) is 4.79 Å². The SMILES string of the molecule is COC(=O)c1ccc(Cl)c(NC(=O)CCN2c3ccccc3CC2C)c1. The molecular weight excluding hydrogens is 352 g/mol. The molecule has 26 heavy (non-hydrogen) atoms. The summed E-state index contributed by atoms with van der Waals surface area (Å²) in [4.78, 5) is 26.3. The molecule has 1 amide bonds. The molecule has 6 heteroatoms. The minimum atomic E-state index is -0.473. The molecule has 0 aromatic heterocycles. The number of fused-ring (bicyclic) bond motifs is 1. The van der Waals surface area contributed by atoms with Crippen molar-refractivity contribution in [2.45, 2.75) is 25.8 Å². The number of esters is 1. The first-order valence-electron chi connectivity index (χ1n) is 8.52. The number of halogens is 1. The number of nitrogens with one attached hydrogen (secondary N) is 1. The van der Waals surface area contributed by atoms with Gasteiger partial charge < -0.3 is 15.0 Å². The lowest BCUT2D eigenvalue weighted by Crippen LogP contribution is -2.32. The zero-order valence-electron chi connectivity index (χ0n) is 14.8. The monoisotopic (exact) mass is 372 g/mol. The number of rotatable bonds is 5. The molecule has 1 atom stereocenters. The van der Waals surface area contributed by atoms with Crippen molar-refractivity contribution in [2.24, 2.45) is 0 Å². The van der Waals surface area contributed by atoms with Crippen molar-refractivity contribution in [1.82, 2.24) is 0 Å². The predicted octanol–water partition coefficient (Wildman–Crippen LogP) is 3.91. The van der Waals surface area contributed by atoms with Crippen LogP contribution in [0.1, 0.15) is 29.3 Å². The maximum atomic E-state index is 12.4. The van der Waals surface area contributed by atoms with Gasteiger partial charge in [-0.15, -0.1) is 0 Å². The molecule has 1 aliphatic rings. The molecule has 0 radical (unpaired) electrons. The van der Waals surface area contributed by atoms with E-state index in [9.17, 15) is 9.59 Å². The van der Waals surface area contributed by atoms with E-state index in [1.165, 1.54) is 24.4 Å². The van der Waals surface area contributed by atoms with Gasteiger partial charge in [0.1, 0.15) is 0 Å². The summed E-state index contributed by atoms with van der Waals surface area (Å²) in [5.74, 6) is -0.620. The summed E-state index contributed by atoms with van der Waals surface area (Å²) in [6, 6.07) is 13.3. The number of nitrogens with zero attached hydrogens (tertiary/aromatic N) is 1. The lowest BCUT2D eigenvalue weighted by molar-refractivity contribution is -0.116. The minimum absolute atomic E-state index is 0.148. The Morgan fingerprint density at radius 3 is 2.81 bits per heavy atom. The first kappa shape index (κ1) is 18.3. The predicted molar refractivity (Wildman–Crippen MR) is 103 cm³/mol. The van der Waals surface area contributed by atoms with Gasteiger partial charge >= 0.3 is 5.97 Å². The highest BCUT2D eigenvalue weighted by Crippen LogP contribution is 2.31. The van der Waals surface area contributed by atoms with E-state index in [0.29, 0.717) is 35.3 Å². The van der Waals surface area contributed by atoms with Gasteiger partial charge in [-0.2, -0.15) is 0 Å². The third-order valence-electron chi connectivity index (χ3n) is 4.59. The maximum absolute atomic E-state index is 12.4. The van der Waals surface area contributed by atoms with Gasteiger partial charge in [0, 0.05) is 24.7 Å². The van der Waals surface area contributed by atoms with E-state index < -0.39 is 5.97 Å². The number of para-hydroxylation sites is 1. The molecule has 1 unspecified atom stereocenters. The first-order valence-corrected chi connectivity index (χ1v) is 8.89. The molecule has 2 aromatic rings. The highest BCUT2D eigenvalue weighted by Gasteiger charge is 2.25. The average molecular weight is 373 g/mol. The lowest BCUT2D eigenvalue weighted by Gasteiger charge is -2.24. The van der Waals surface area contributed by atoms with E-state index >= 15 is 0 Å². The van der Waals surface area contributed by atoms with Gasteiger partial charge in [0.05, 0.1) is 23.4 Å². The lowest BCUT2D eigenvalue weighted by atomic mass is 10.1. The number of anilines is 2. The van der Waals surface area contributed by atoms with Crippen LogP contribution in [0.3, 0.4) is 0 Å². The van der Waals surface area contributed by atoms with E-state index in [2.05, 4.69) is 29.3 Å². The Kier molecular flexibility index (Phi) is 5.47. The molecule has 0 saturated carbocycles. The number of hydrogen-bond donors (Lipinski definition) is 1. The molecule has 1 aliphatic heterocycles. The van der Waals surface area contributed by atoms with Crippen LogP contribution in [0.5, 0.6) is 0 Å². The fraction of sp³-hybridized carbons (Fsp3) is 0.300. The van der Waals surface area contributed by atoms with E-state index in [0.717, 1.165) is 6.42 Å². The molecule has 1 heterocycles. The third kappa shape index (κ3) is 3.83. The average Bonchev–Trinajstić information content (AvgIpc) is 2.96. The number of methoxy groups -OCH3 is 1. The summed E-state index contributed by atoms with van der Waals surface area (Å²) < 4.78 is 4.69. The molecule has 1 N–H and O–H groups in total. The Labute approximate surface area is 157 Å². The Balaban J connectivity index is 1.64. The molecule has 0 fully saturated rings. The summed E-state index contributed by atoms with van der Waals surface area (Å²) >= 11 is 6.13. The van der Waals surface area contributed by atoms with Gasteiger partial charge in [0.25, 0.3) is 0 Å². The highest BCUT2D eigenvalue weighted by atomic mass is 35.5. The van der Waals surface area contributed by atoms with Crippen LogP contribution < -0.4 is 10.2 Å². The van der Waals surface area contributed by atoms with Crippen LogP contribution in [-0.2, 0) is 16.0 Å². The number of ether oxygens (including phenoxy) is 1. The van der Waals surface area contributed by atoms with Crippen molar-refractivity contribution in [3.63, 3.8) is 0 Å². The molecule has 136 valence electrons. The normalized spacial score (nSPS) is 15.5. The van der Waals surface area contributed by atoms with Crippen molar-refractivity contribution >= 4 is 34.9 Å². The molecule has 3 rings (SSSR count). The van der Waals surface area contributed by atoms with Crippen molar-refractivity contribution in [3.05, 3.63) is 58.6 Å². The third-order valence-corrected chi connectivity index (χ3v) is 4.92. The quantitative estimate of drug-likeness (QED) is 0.808. The molecule has 0 saturated heterocycles. The fourth-order valence-corrected chi connectivity index (χ4v) is 3.44. The largest absolute Gasteiger partial charge is 0.465 e. The van der Waals surface area contributed by atoms with E-state index in [1.54, 1.807) is 12.1 Å². The minimum Gasteiger partial charge on any atom is -0.465 e. The van der Waals surface area contributed by atoms with Crippen LogP contribution in [-0.4, -0.2) is 31.6 Å². The van der Waals surface area contributed by atoms with Gasteiger partial charge in [0.2, 0.25) is 5.91 Å². The van der Waals surface area contributed by atoms with Crippen LogP contribution in [0.15, 0.2) is 42.5 Å². The Hall–Kier alpha value is -2.53. The Morgan fingerprint density at radius 1 is 1.27 bits per heavy atom. The van der Waals surface area contributed by atoms with E-state index in [1.807, 2.05) is 12.1 Å². The van der Waals surface area contributed by atoms with Crippen LogP contribution in [0.25, 0.3) is 0 Å². The van der Waals surface area contributed by atoms with Crippen molar-refractivity contribution in [3.8, 4) is 0 Å². The van der Waals surface area contributed by atoms with E-state index in [-0.39, 0.29) is 5.91 Å². The summed E-state index contributed by atoms with van der Waals surface area (Å²) in [5.41, 5.74) is 3.26. The first-order chi connectivity index (χ1) is 12.5. The molecule has 0 spiro atoms. The number of benzene rings is 2. The fourth-order valence-electron chi connectivity index (χ4n) is 3.27.